The van der Waals surface area contributed by atoms with Crippen LogP contribution in [0.15, 0.2) is 30.3 Å². The predicted molar refractivity (Wildman–Crippen MR) is 81.0 cm³/mol. The van der Waals surface area contributed by atoms with Gasteiger partial charge >= 0.3 is 0 Å². The molecule has 104 valence electrons. The Morgan fingerprint density at radius 1 is 1.35 bits per heavy atom. The maximum absolute atomic E-state index is 12.5. The molecule has 1 aromatic heterocycles. The third-order valence-corrected chi connectivity index (χ3v) is 4.14. The molecule has 2 aromatic rings. The summed E-state index contributed by atoms with van der Waals surface area (Å²) in [6, 6.07) is 10.2. The van der Waals surface area contributed by atoms with Gasteiger partial charge in [0, 0.05) is 25.5 Å². The van der Waals surface area contributed by atoms with Crippen LogP contribution in [0.3, 0.4) is 0 Å². The van der Waals surface area contributed by atoms with Crippen molar-refractivity contribution in [3.63, 3.8) is 0 Å². The molecule has 0 atom stereocenters. The summed E-state index contributed by atoms with van der Waals surface area (Å²) in [7, 11) is 3.71. The molecule has 1 aliphatic rings. The lowest BCUT2D eigenvalue weighted by molar-refractivity contribution is 0.0646. The second-order valence-electron chi connectivity index (χ2n) is 5.33. The van der Waals surface area contributed by atoms with Gasteiger partial charge in [0.15, 0.2) is 0 Å². The number of nitrogens with zero attached hydrogens (tertiary/aromatic N) is 2. The molecule has 4 heteroatoms. The van der Waals surface area contributed by atoms with Crippen LogP contribution >= 0.6 is 0 Å². The lowest BCUT2D eigenvalue weighted by Crippen LogP contribution is -2.41. The van der Waals surface area contributed by atoms with E-state index in [2.05, 4.69) is 10.3 Å². The number of pyridine rings is 1. The number of carbonyl (C=O) groups excluding carboxylic acids is 1. The number of aromatic nitrogens is 1. The number of anilines is 1. The van der Waals surface area contributed by atoms with Crippen molar-refractivity contribution in [2.75, 3.05) is 19.4 Å². The molecule has 1 aliphatic carbocycles. The van der Waals surface area contributed by atoms with Gasteiger partial charge in [-0.25, -0.2) is 4.98 Å². The van der Waals surface area contributed by atoms with E-state index in [1.807, 2.05) is 49.3 Å². The van der Waals surface area contributed by atoms with Crippen LogP contribution in [0.1, 0.15) is 29.8 Å². The number of benzene rings is 1. The van der Waals surface area contributed by atoms with E-state index in [1.165, 1.54) is 6.42 Å². The minimum Gasteiger partial charge on any atom is -0.373 e. The fourth-order valence-electron chi connectivity index (χ4n) is 2.62. The Morgan fingerprint density at radius 2 is 2.10 bits per heavy atom. The standard InChI is InChI=1S/C16H19N3O/c1-17-15-13-9-4-3-6-11(13)10-14(18-15)16(20)19(2)12-7-5-8-12/h3-4,6,9-10,12H,5,7-8H2,1-2H3,(H,17,18). The number of rotatable bonds is 3. The van der Waals surface area contributed by atoms with E-state index in [4.69, 9.17) is 0 Å². The molecule has 0 spiro atoms. The van der Waals surface area contributed by atoms with Gasteiger partial charge in [-0.2, -0.15) is 0 Å². The van der Waals surface area contributed by atoms with E-state index < -0.39 is 0 Å². The normalized spacial score (nSPS) is 14.9. The van der Waals surface area contributed by atoms with Crippen LogP contribution in [0.25, 0.3) is 10.8 Å². The summed E-state index contributed by atoms with van der Waals surface area (Å²) < 4.78 is 0. The number of carbonyl (C=O) groups is 1. The Balaban J connectivity index is 2.00. The molecule has 0 saturated heterocycles. The van der Waals surface area contributed by atoms with E-state index in [1.54, 1.807) is 0 Å². The molecule has 1 aromatic carbocycles. The van der Waals surface area contributed by atoms with Crippen molar-refractivity contribution in [1.82, 2.24) is 9.88 Å². The maximum atomic E-state index is 12.5. The van der Waals surface area contributed by atoms with Crippen molar-refractivity contribution >= 4 is 22.5 Å². The second kappa shape index (κ2) is 5.12. The Morgan fingerprint density at radius 3 is 2.75 bits per heavy atom. The average molecular weight is 269 g/mol. The molecule has 1 N–H and O–H groups in total. The monoisotopic (exact) mass is 269 g/mol. The van der Waals surface area contributed by atoms with Crippen LogP contribution in [0.4, 0.5) is 5.82 Å². The number of amides is 1. The zero-order chi connectivity index (χ0) is 14.1. The molecule has 20 heavy (non-hydrogen) atoms. The highest BCUT2D eigenvalue weighted by Crippen LogP contribution is 2.26. The molecule has 1 fully saturated rings. The Labute approximate surface area is 118 Å². The molecular formula is C16H19N3O. The largest absolute Gasteiger partial charge is 0.373 e. The maximum Gasteiger partial charge on any atom is 0.272 e. The minimum absolute atomic E-state index is 0.0111. The average Bonchev–Trinajstić information content (AvgIpc) is 2.43. The summed E-state index contributed by atoms with van der Waals surface area (Å²) in [5.41, 5.74) is 0.516. The zero-order valence-electron chi connectivity index (χ0n) is 11.9. The topological polar surface area (TPSA) is 45.2 Å². The molecule has 0 bridgehead atoms. The number of nitrogens with one attached hydrogen (secondary N) is 1. The van der Waals surface area contributed by atoms with Crippen LogP contribution in [-0.4, -0.2) is 35.9 Å². The van der Waals surface area contributed by atoms with Gasteiger partial charge < -0.3 is 10.2 Å². The fourth-order valence-corrected chi connectivity index (χ4v) is 2.62. The predicted octanol–water partition coefficient (Wildman–Crippen LogP) is 2.90. The number of hydrogen-bond donors (Lipinski definition) is 1. The highest BCUT2D eigenvalue weighted by atomic mass is 16.2. The molecular weight excluding hydrogens is 250 g/mol. The van der Waals surface area contributed by atoms with Gasteiger partial charge in [-0.15, -0.1) is 0 Å². The Kier molecular flexibility index (Phi) is 3.30. The fraction of sp³-hybridized carbons (Fsp3) is 0.375. The summed E-state index contributed by atoms with van der Waals surface area (Å²) >= 11 is 0. The first-order chi connectivity index (χ1) is 9.70. The smallest absolute Gasteiger partial charge is 0.272 e. The molecule has 1 heterocycles. The van der Waals surface area contributed by atoms with Crippen molar-refractivity contribution in [2.24, 2.45) is 0 Å². The van der Waals surface area contributed by atoms with Crippen molar-refractivity contribution < 1.29 is 4.79 Å². The molecule has 4 nitrogen and oxygen atoms in total. The molecule has 1 amide bonds. The summed E-state index contributed by atoms with van der Waals surface area (Å²) in [5, 5.41) is 5.16. The van der Waals surface area contributed by atoms with Gasteiger partial charge in [0.2, 0.25) is 0 Å². The van der Waals surface area contributed by atoms with E-state index >= 15 is 0 Å². The van der Waals surface area contributed by atoms with Crippen LogP contribution in [0.5, 0.6) is 0 Å². The third kappa shape index (κ3) is 2.11. The van der Waals surface area contributed by atoms with Gasteiger partial charge in [0.1, 0.15) is 11.5 Å². The molecule has 1 saturated carbocycles. The van der Waals surface area contributed by atoms with Crippen molar-refractivity contribution in [2.45, 2.75) is 25.3 Å². The molecule has 0 aliphatic heterocycles. The summed E-state index contributed by atoms with van der Waals surface area (Å²) in [6.07, 6.45) is 3.43. The minimum atomic E-state index is 0.0111. The summed E-state index contributed by atoms with van der Waals surface area (Å²) in [6.45, 7) is 0. The lowest BCUT2D eigenvalue weighted by atomic mass is 9.91. The van der Waals surface area contributed by atoms with Crippen LogP contribution in [-0.2, 0) is 0 Å². The first-order valence-electron chi connectivity index (χ1n) is 7.05. The van der Waals surface area contributed by atoms with Gasteiger partial charge in [-0.1, -0.05) is 24.3 Å². The quantitative estimate of drug-likeness (QED) is 0.932. The second-order valence-corrected chi connectivity index (χ2v) is 5.33. The zero-order valence-corrected chi connectivity index (χ0v) is 11.9. The number of hydrogen-bond acceptors (Lipinski definition) is 3. The van der Waals surface area contributed by atoms with Gasteiger partial charge in [-0.05, 0) is 30.7 Å². The highest BCUT2D eigenvalue weighted by Gasteiger charge is 2.27. The van der Waals surface area contributed by atoms with Gasteiger partial charge in [0.05, 0.1) is 0 Å². The SMILES string of the molecule is CNc1nc(C(=O)N(C)C2CCC2)cc2ccccc12. The van der Waals surface area contributed by atoms with Crippen LogP contribution < -0.4 is 5.32 Å². The van der Waals surface area contributed by atoms with Crippen molar-refractivity contribution in [1.29, 1.82) is 0 Å². The first-order valence-corrected chi connectivity index (χ1v) is 7.05. The number of fused-ring (bicyclic) bond motifs is 1. The summed E-state index contributed by atoms with van der Waals surface area (Å²) in [4.78, 5) is 18.8. The van der Waals surface area contributed by atoms with Crippen molar-refractivity contribution in [3.8, 4) is 0 Å². The third-order valence-electron chi connectivity index (χ3n) is 4.14. The highest BCUT2D eigenvalue weighted by molar-refractivity contribution is 6.00. The van der Waals surface area contributed by atoms with Gasteiger partial charge in [-0.3, -0.25) is 4.79 Å². The molecule has 3 rings (SSSR count). The molecule has 0 radical (unpaired) electrons. The van der Waals surface area contributed by atoms with E-state index in [0.717, 1.165) is 29.4 Å². The molecule has 0 unspecified atom stereocenters. The van der Waals surface area contributed by atoms with Gasteiger partial charge in [0.25, 0.3) is 5.91 Å². The Bertz CT molecular complexity index is 649. The van der Waals surface area contributed by atoms with Crippen LogP contribution in [0.2, 0.25) is 0 Å². The van der Waals surface area contributed by atoms with Crippen molar-refractivity contribution in [3.05, 3.63) is 36.0 Å². The van der Waals surface area contributed by atoms with E-state index in [-0.39, 0.29) is 5.91 Å². The Hall–Kier alpha value is -2.10. The van der Waals surface area contributed by atoms with E-state index in [0.29, 0.717) is 11.7 Å². The summed E-state index contributed by atoms with van der Waals surface area (Å²) in [5.74, 6) is 0.769. The first kappa shape index (κ1) is 12.9. The van der Waals surface area contributed by atoms with E-state index in [9.17, 15) is 4.79 Å². The van der Waals surface area contributed by atoms with Crippen LogP contribution in [0, 0.1) is 0 Å². The lowest BCUT2D eigenvalue weighted by Gasteiger charge is -2.34.